The fraction of sp³-hybridized carbons (Fsp3) is 0.903. The molecule has 0 aromatic carbocycles. The normalized spacial score (nSPS) is 55.9. The van der Waals surface area contributed by atoms with E-state index in [1.807, 2.05) is 0 Å². The van der Waals surface area contributed by atoms with Crippen LogP contribution in [0.1, 0.15) is 113 Å². The van der Waals surface area contributed by atoms with Crippen molar-refractivity contribution in [1.82, 2.24) is 0 Å². The van der Waals surface area contributed by atoms with Gasteiger partial charge in [0.2, 0.25) is 0 Å². The molecular weight excluding hydrogens is 420 g/mol. The first-order chi connectivity index (χ1) is 15.6. The minimum atomic E-state index is -0.570. The van der Waals surface area contributed by atoms with Crippen LogP contribution in [-0.4, -0.2) is 22.3 Å². The van der Waals surface area contributed by atoms with Gasteiger partial charge in [-0.25, -0.2) is 0 Å². The predicted octanol–water partition coefficient (Wildman–Crippen LogP) is 7.48. The van der Waals surface area contributed by atoms with Gasteiger partial charge in [-0.05, 0) is 122 Å². The highest BCUT2D eigenvalue weighted by molar-refractivity contribution is 5.76. The number of carboxylic acids is 1. The number of carbonyl (C=O) groups is 1. The molecule has 10 atom stereocenters. The Hall–Kier alpha value is -0.830. The van der Waals surface area contributed by atoms with Crippen molar-refractivity contribution >= 4 is 5.97 Å². The summed E-state index contributed by atoms with van der Waals surface area (Å²) in [6, 6.07) is 0. The Labute approximate surface area is 208 Å². The highest BCUT2D eigenvalue weighted by Gasteiger charge is 2.75. The minimum absolute atomic E-state index is 0.0158. The van der Waals surface area contributed by atoms with Gasteiger partial charge in [0.25, 0.3) is 0 Å². The van der Waals surface area contributed by atoms with Gasteiger partial charge in [0.1, 0.15) is 0 Å². The molecule has 0 heterocycles. The number of aliphatic hydroxyl groups excluding tert-OH is 1. The zero-order valence-corrected chi connectivity index (χ0v) is 23.0. The maximum Gasteiger partial charge on any atom is 0.309 e. The second-order valence-corrected chi connectivity index (χ2v) is 15.2. The van der Waals surface area contributed by atoms with Crippen LogP contribution < -0.4 is 0 Å². The molecule has 0 bridgehead atoms. The first-order valence-corrected chi connectivity index (χ1v) is 14.2. The molecule has 0 unspecified atom stereocenters. The SMILES string of the molecule is C=C(C)[C@@H]1CC[C@]2(C(=O)O)CC[C@@]3(C)[C@]4(C)CC[C@H]5C(C)(C)[C@@H](O)CC[C@]5(C)[C@H]4CC[C@]3(C)[C@@H]12. The van der Waals surface area contributed by atoms with Crippen molar-refractivity contribution in [2.24, 2.45) is 56.2 Å². The molecule has 2 N–H and O–H groups in total. The van der Waals surface area contributed by atoms with Crippen LogP contribution in [0.5, 0.6) is 0 Å². The lowest BCUT2D eigenvalue weighted by atomic mass is 9.29. The molecule has 0 saturated heterocycles. The molecule has 0 aliphatic heterocycles. The van der Waals surface area contributed by atoms with Gasteiger partial charge in [0, 0.05) is 0 Å². The van der Waals surface area contributed by atoms with Crippen molar-refractivity contribution in [2.75, 3.05) is 0 Å². The zero-order chi connectivity index (χ0) is 25.1. The molecule has 0 spiro atoms. The summed E-state index contributed by atoms with van der Waals surface area (Å²) in [5, 5.41) is 21.5. The van der Waals surface area contributed by atoms with E-state index in [1.54, 1.807) is 0 Å². The van der Waals surface area contributed by atoms with Gasteiger partial charge in [-0.1, -0.05) is 53.7 Å². The van der Waals surface area contributed by atoms with Crippen LogP contribution in [0.2, 0.25) is 0 Å². The van der Waals surface area contributed by atoms with Gasteiger partial charge >= 0.3 is 5.97 Å². The smallest absolute Gasteiger partial charge is 0.309 e. The first-order valence-electron chi connectivity index (χ1n) is 14.2. The predicted molar refractivity (Wildman–Crippen MR) is 137 cm³/mol. The molecule has 34 heavy (non-hydrogen) atoms. The molecule has 5 saturated carbocycles. The number of rotatable bonds is 2. The highest BCUT2D eigenvalue weighted by Crippen LogP contribution is 2.81. The molecule has 0 amide bonds. The Morgan fingerprint density at radius 2 is 1.41 bits per heavy atom. The van der Waals surface area contributed by atoms with E-state index in [-0.39, 0.29) is 39.1 Å². The second kappa shape index (κ2) is 7.14. The molecule has 5 fully saturated rings. The Balaban J connectivity index is 1.61. The van der Waals surface area contributed by atoms with Gasteiger partial charge < -0.3 is 10.2 Å². The molecule has 5 aliphatic rings. The molecule has 0 aromatic rings. The molecule has 3 nitrogen and oxygen atoms in total. The van der Waals surface area contributed by atoms with Crippen molar-refractivity contribution in [3.63, 3.8) is 0 Å². The summed E-state index contributed by atoms with van der Waals surface area (Å²) < 4.78 is 0. The summed E-state index contributed by atoms with van der Waals surface area (Å²) in [4.78, 5) is 12.9. The van der Waals surface area contributed by atoms with E-state index >= 15 is 0 Å². The maximum atomic E-state index is 12.9. The van der Waals surface area contributed by atoms with Crippen LogP contribution in [0.3, 0.4) is 0 Å². The van der Waals surface area contributed by atoms with Gasteiger partial charge in [0.15, 0.2) is 0 Å². The minimum Gasteiger partial charge on any atom is -0.481 e. The van der Waals surface area contributed by atoms with Gasteiger partial charge in [-0.3, -0.25) is 4.79 Å². The van der Waals surface area contributed by atoms with Crippen LogP contribution >= 0.6 is 0 Å². The Kier molecular flexibility index (Phi) is 5.22. The lowest BCUT2D eigenvalue weighted by Crippen LogP contribution is -2.70. The van der Waals surface area contributed by atoms with Crippen LogP contribution in [0.4, 0.5) is 0 Å². The fourth-order valence-electron chi connectivity index (χ4n) is 12.1. The van der Waals surface area contributed by atoms with Crippen molar-refractivity contribution in [1.29, 1.82) is 0 Å². The fourth-order valence-corrected chi connectivity index (χ4v) is 12.1. The molecule has 5 aliphatic carbocycles. The zero-order valence-electron chi connectivity index (χ0n) is 23.0. The van der Waals surface area contributed by atoms with Gasteiger partial charge in [0.05, 0.1) is 11.5 Å². The monoisotopic (exact) mass is 470 g/mol. The number of fused-ring (bicyclic) bond motifs is 7. The topological polar surface area (TPSA) is 57.5 Å². The summed E-state index contributed by atoms with van der Waals surface area (Å²) in [6.07, 6.45) is 10.3. The standard InChI is InChI=1S/C31H50O3/c1-19(2)20-9-16-31(25(33)34)18-17-30(8)28(6)14-10-21-26(3,4)23(32)12-13-27(21,5)22(28)11-15-29(30,7)24(20)31/h20-24,32H,1,9-18H2,2-8H3,(H,33,34)/t20-,21-,22+,23-,24+,27-,28+,29+,30-,31-/m0/s1. The van der Waals surface area contributed by atoms with Crippen LogP contribution in [0.15, 0.2) is 12.2 Å². The van der Waals surface area contributed by atoms with Crippen LogP contribution in [0.25, 0.3) is 0 Å². The van der Waals surface area contributed by atoms with Crippen molar-refractivity contribution < 1.29 is 15.0 Å². The third kappa shape index (κ3) is 2.61. The summed E-state index contributed by atoms with van der Waals surface area (Å²) in [6.45, 7) is 21.4. The quantitative estimate of drug-likeness (QED) is 0.411. The lowest BCUT2D eigenvalue weighted by Gasteiger charge is -2.75. The number of aliphatic hydroxyl groups is 1. The summed E-state index contributed by atoms with van der Waals surface area (Å²) in [7, 11) is 0. The van der Waals surface area contributed by atoms with E-state index in [1.165, 1.54) is 24.8 Å². The summed E-state index contributed by atoms with van der Waals surface area (Å²) in [5.74, 6) is 1.19. The van der Waals surface area contributed by atoms with Gasteiger partial charge in [-0.15, -0.1) is 0 Å². The Morgan fingerprint density at radius 3 is 2.03 bits per heavy atom. The highest BCUT2D eigenvalue weighted by atomic mass is 16.4. The second-order valence-electron chi connectivity index (χ2n) is 15.2. The summed E-state index contributed by atoms with van der Waals surface area (Å²) >= 11 is 0. The largest absolute Gasteiger partial charge is 0.481 e. The van der Waals surface area contributed by atoms with E-state index in [2.05, 4.69) is 55.0 Å². The lowest BCUT2D eigenvalue weighted by molar-refractivity contribution is -0.276. The van der Waals surface area contributed by atoms with Crippen LogP contribution in [-0.2, 0) is 4.79 Å². The van der Waals surface area contributed by atoms with E-state index in [9.17, 15) is 15.0 Å². The molecule has 3 heteroatoms. The number of carboxylic acid groups (broad SMARTS) is 1. The third-order valence-corrected chi connectivity index (χ3v) is 14.2. The van der Waals surface area contributed by atoms with Crippen molar-refractivity contribution in [3.05, 3.63) is 12.2 Å². The van der Waals surface area contributed by atoms with Crippen LogP contribution in [0, 0.1) is 56.2 Å². The molecular formula is C31H50O3. The molecule has 0 radical (unpaired) electrons. The Morgan fingerprint density at radius 1 is 0.794 bits per heavy atom. The molecule has 192 valence electrons. The number of aliphatic carboxylic acids is 1. The average Bonchev–Trinajstić information content (AvgIpc) is 3.16. The van der Waals surface area contributed by atoms with Crippen molar-refractivity contribution in [3.8, 4) is 0 Å². The third-order valence-electron chi connectivity index (χ3n) is 14.2. The molecule has 0 aromatic heterocycles. The van der Waals surface area contributed by atoms with E-state index in [4.69, 9.17) is 0 Å². The van der Waals surface area contributed by atoms with E-state index in [0.717, 1.165) is 44.9 Å². The number of hydrogen-bond donors (Lipinski definition) is 2. The van der Waals surface area contributed by atoms with E-state index < -0.39 is 11.4 Å². The first kappa shape index (κ1) is 24.8. The maximum absolute atomic E-state index is 12.9. The number of hydrogen-bond acceptors (Lipinski definition) is 2. The number of allylic oxidation sites excluding steroid dienone is 1. The van der Waals surface area contributed by atoms with Crippen molar-refractivity contribution in [2.45, 2.75) is 119 Å². The average molecular weight is 471 g/mol. The molecule has 5 rings (SSSR count). The van der Waals surface area contributed by atoms with Gasteiger partial charge in [-0.2, -0.15) is 0 Å². The van der Waals surface area contributed by atoms with E-state index in [0.29, 0.717) is 17.8 Å². The Bertz CT molecular complexity index is 906. The summed E-state index contributed by atoms with van der Waals surface area (Å²) in [5.41, 5.74) is 1.20.